The molecular formula is C29H29ClFN3O2S. The normalized spacial score (nSPS) is 17.6. The van der Waals surface area contributed by atoms with Crippen molar-refractivity contribution in [1.82, 2.24) is 15.2 Å². The Labute approximate surface area is 225 Å². The first kappa shape index (κ1) is 25.6. The van der Waals surface area contributed by atoms with E-state index < -0.39 is 5.82 Å². The Morgan fingerprint density at radius 2 is 1.89 bits per heavy atom. The number of rotatable bonds is 7. The topological polar surface area (TPSA) is 54.5 Å². The molecule has 2 aromatic carbocycles. The van der Waals surface area contributed by atoms with E-state index in [9.17, 15) is 9.18 Å². The van der Waals surface area contributed by atoms with E-state index in [1.54, 1.807) is 31.6 Å². The molecule has 4 aromatic rings. The fourth-order valence-corrected chi connectivity index (χ4v) is 6.70. The lowest BCUT2D eigenvalue weighted by molar-refractivity contribution is 0.0604. The van der Waals surface area contributed by atoms with Gasteiger partial charge >= 0.3 is 0 Å². The van der Waals surface area contributed by atoms with E-state index in [0.717, 1.165) is 42.4 Å². The van der Waals surface area contributed by atoms with Gasteiger partial charge in [-0.2, -0.15) is 0 Å². The second-order valence-electron chi connectivity index (χ2n) is 9.35. The molecule has 8 heteroatoms. The Hall–Kier alpha value is -3.00. The van der Waals surface area contributed by atoms with Gasteiger partial charge in [0.2, 0.25) is 0 Å². The molecule has 1 fully saturated rings. The van der Waals surface area contributed by atoms with E-state index >= 15 is 0 Å². The lowest BCUT2D eigenvalue weighted by atomic mass is 9.89. The molecule has 0 atom stereocenters. The van der Waals surface area contributed by atoms with Gasteiger partial charge in [-0.1, -0.05) is 23.7 Å². The quantitative estimate of drug-likeness (QED) is 0.277. The van der Waals surface area contributed by atoms with Crippen LogP contribution in [-0.2, 0) is 6.54 Å². The molecule has 0 saturated heterocycles. The maximum absolute atomic E-state index is 14.6. The Kier molecular flexibility index (Phi) is 7.74. The molecule has 0 spiro atoms. The van der Waals surface area contributed by atoms with Crippen molar-refractivity contribution in [3.05, 3.63) is 82.2 Å². The number of thiophene rings is 1. The summed E-state index contributed by atoms with van der Waals surface area (Å²) in [5, 5.41) is 3.86. The molecule has 5 rings (SSSR count). The summed E-state index contributed by atoms with van der Waals surface area (Å²) in [6.07, 6.45) is 7.23. The Bertz CT molecular complexity index is 1400. The van der Waals surface area contributed by atoms with Crippen LogP contribution in [0.1, 0.15) is 40.9 Å². The summed E-state index contributed by atoms with van der Waals surface area (Å²) in [4.78, 5) is 20.5. The zero-order chi connectivity index (χ0) is 25.9. The van der Waals surface area contributed by atoms with Crippen molar-refractivity contribution in [1.29, 1.82) is 0 Å². The smallest absolute Gasteiger partial charge is 0.266 e. The standard InChI is InChI=1S/C29H29ClFN3O2S/c1-32-21-7-9-22(10-8-21)34(29(35)28-27(30)26-23(31)4-3-5-25(26)37-28)17-20-16-19(6-11-24(20)36-2)18-12-14-33-15-13-18/h3-6,11-16,21-22,32H,7-10,17H2,1-2H3/t21-,22+. The van der Waals surface area contributed by atoms with Crippen LogP contribution in [0.15, 0.2) is 60.9 Å². The van der Waals surface area contributed by atoms with E-state index in [1.807, 2.05) is 36.2 Å². The molecule has 192 valence electrons. The van der Waals surface area contributed by atoms with Crippen LogP contribution in [0.5, 0.6) is 5.75 Å². The van der Waals surface area contributed by atoms with Crippen LogP contribution in [0.25, 0.3) is 21.2 Å². The summed E-state index contributed by atoms with van der Waals surface area (Å²) in [6.45, 7) is 0.364. The Balaban J connectivity index is 1.54. The number of hydrogen-bond donors (Lipinski definition) is 1. The molecule has 0 radical (unpaired) electrons. The van der Waals surface area contributed by atoms with Crippen LogP contribution in [0.3, 0.4) is 0 Å². The zero-order valence-corrected chi connectivity index (χ0v) is 22.4. The molecule has 1 N–H and O–H groups in total. The van der Waals surface area contributed by atoms with Crippen LogP contribution in [0, 0.1) is 5.82 Å². The van der Waals surface area contributed by atoms with Gasteiger partial charge in [-0.25, -0.2) is 4.39 Å². The fraction of sp³-hybridized carbons (Fsp3) is 0.310. The SMILES string of the molecule is CN[C@H]1CC[C@@H](N(Cc2cc(-c3ccncc3)ccc2OC)C(=O)c2sc3cccc(F)c3c2Cl)CC1. The van der Waals surface area contributed by atoms with Crippen LogP contribution >= 0.6 is 22.9 Å². The maximum Gasteiger partial charge on any atom is 0.266 e. The lowest BCUT2D eigenvalue weighted by Crippen LogP contribution is -2.44. The highest BCUT2D eigenvalue weighted by Crippen LogP contribution is 2.39. The van der Waals surface area contributed by atoms with Crippen molar-refractivity contribution in [3.8, 4) is 16.9 Å². The average Bonchev–Trinajstić information content (AvgIpc) is 3.29. The minimum atomic E-state index is -0.411. The van der Waals surface area contributed by atoms with Crippen molar-refractivity contribution in [3.63, 3.8) is 0 Å². The predicted octanol–water partition coefficient (Wildman–Crippen LogP) is 6.94. The number of benzene rings is 2. The number of amides is 1. The molecule has 1 aliphatic rings. The number of pyridine rings is 1. The van der Waals surface area contributed by atoms with E-state index in [2.05, 4.69) is 16.4 Å². The summed E-state index contributed by atoms with van der Waals surface area (Å²) >= 11 is 7.89. The molecule has 0 aliphatic heterocycles. The van der Waals surface area contributed by atoms with E-state index in [1.165, 1.54) is 17.4 Å². The highest BCUT2D eigenvalue weighted by Gasteiger charge is 2.32. The number of fused-ring (bicyclic) bond motifs is 1. The third-order valence-electron chi connectivity index (χ3n) is 7.24. The number of ether oxygens (including phenoxy) is 1. The second-order valence-corrected chi connectivity index (χ2v) is 10.8. The van der Waals surface area contributed by atoms with Gasteiger partial charge in [-0.15, -0.1) is 11.3 Å². The van der Waals surface area contributed by atoms with Crippen molar-refractivity contribution >= 4 is 38.9 Å². The van der Waals surface area contributed by atoms with Gasteiger partial charge in [0.1, 0.15) is 16.4 Å². The van der Waals surface area contributed by atoms with Crippen molar-refractivity contribution < 1.29 is 13.9 Å². The summed E-state index contributed by atoms with van der Waals surface area (Å²) < 4.78 is 21.0. The lowest BCUT2D eigenvalue weighted by Gasteiger charge is -2.37. The van der Waals surface area contributed by atoms with Crippen LogP contribution in [-0.4, -0.2) is 42.0 Å². The highest BCUT2D eigenvalue weighted by molar-refractivity contribution is 7.21. The van der Waals surface area contributed by atoms with Gasteiger partial charge < -0.3 is 15.0 Å². The van der Waals surface area contributed by atoms with Gasteiger partial charge in [0, 0.05) is 46.7 Å². The largest absolute Gasteiger partial charge is 0.496 e. The van der Waals surface area contributed by atoms with E-state index in [4.69, 9.17) is 16.3 Å². The first-order chi connectivity index (χ1) is 18.0. The van der Waals surface area contributed by atoms with Crippen molar-refractivity contribution in [2.75, 3.05) is 14.2 Å². The zero-order valence-electron chi connectivity index (χ0n) is 20.8. The molecule has 1 amide bonds. The highest BCUT2D eigenvalue weighted by atomic mass is 35.5. The Morgan fingerprint density at radius 3 is 2.57 bits per heavy atom. The summed E-state index contributed by atoms with van der Waals surface area (Å²) in [5.41, 5.74) is 2.96. The second kappa shape index (κ2) is 11.2. The third-order valence-corrected chi connectivity index (χ3v) is 8.87. The first-order valence-electron chi connectivity index (χ1n) is 12.4. The molecule has 2 aromatic heterocycles. The monoisotopic (exact) mass is 537 g/mol. The maximum atomic E-state index is 14.6. The van der Waals surface area contributed by atoms with E-state index in [0.29, 0.717) is 33.3 Å². The molecule has 5 nitrogen and oxygen atoms in total. The van der Waals surface area contributed by atoms with Gasteiger partial charge in [0.05, 0.1) is 12.1 Å². The molecule has 1 saturated carbocycles. The number of nitrogens with one attached hydrogen (secondary N) is 1. The molecule has 0 bridgehead atoms. The Morgan fingerprint density at radius 1 is 1.14 bits per heavy atom. The third kappa shape index (κ3) is 5.21. The summed E-state index contributed by atoms with van der Waals surface area (Å²) in [5.74, 6) is 0.133. The molecule has 37 heavy (non-hydrogen) atoms. The van der Waals surface area contributed by atoms with Crippen molar-refractivity contribution in [2.24, 2.45) is 0 Å². The number of halogens is 2. The summed E-state index contributed by atoms with van der Waals surface area (Å²) in [6, 6.07) is 15.2. The first-order valence-corrected chi connectivity index (χ1v) is 13.6. The van der Waals surface area contributed by atoms with Gasteiger partial charge in [-0.3, -0.25) is 9.78 Å². The average molecular weight is 538 g/mol. The van der Waals surface area contributed by atoms with Crippen LogP contribution in [0.4, 0.5) is 4.39 Å². The molecule has 2 heterocycles. The molecule has 0 unspecified atom stereocenters. The van der Waals surface area contributed by atoms with Crippen LogP contribution < -0.4 is 10.1 Å². The van der Waals surface area contributed by atoms with E-state index in [-0.39, 0.29) is 17.0 Å². The molecular weight excluding hydrogens is 509 g/mol. The fourth-order valence-electron chi connectivity index (χ4n) is 5.19. The number of hydrogen-bond acceptors (Lipinski definition) is 5. The van der Waals surface area contributed by atoms with Gasteiger partial charge in [0.15, 0.2) is 0 Å². The number of carbonyl (C=O) groups excluding carboxylic acids is 1. The number of methoxy groups -OCH3 is 1. The molecule has 1 aliphatic carbocycles. The van der Waals surface area contributed by atoms with Gasteiger partial charge in [0.25, 0.3) is 5.91 Å². The summed E-state index contributed by atoms with van der Waals surface area (Å²) in [7, 11) is 3.62. The number of aromatic nitrogens is 1. The minimum Gasteiger partial charge on any atom is -0.496 e. The number of nitrogens with zero attached hydrogens (tertiary/aromatic N) is 2. The van der Waals surface area contributed by atoms with Crippen LogP contribution in [0.2, 0.25) is 5.02 Å². The minimum absolute atomic E-state index is 0.0394. The van der Waals surface area contributed by atoms with Crippen molar-refractivity contribution in [2.45, 2.75) is 44.3 Å². The predicted molar refractivity (Wildman–Crippen MR) is 148 cm³/mol. The van der Waals surface area contributed by atoms with Gasteiger partial charge in [-0.05, 0) is 80.3 Å². The number of carbonyl (C=O) groups is 1.